The molecule has 1 atom stereocenters. The van der Waals surface area contributed by atoms with Crippen molar-refractivity contribution in [3.05, 3.63) is 59.4 Å². The van der Waals surface area contributed by atoms with Crippen molar-refractivity contribution < 1.29 is 22.4 Å². The van der Waals surface area contributed by atoms with Gasteiger partial charge in [-0.05, 0) is 48.7 Å². The van der Waals surface area contributed by atoms with E-state index in [1.807, 2.05) is 0 Å². The van der Waals surface area contributed by atoms with Crippen LogP contribution in [0.1, 0.15) is 29.3 Å². The highest BCUT2D eigenvalue weighted by atomic mass is 35.5. The van der Waals surface area contributed by atoms with E-state index >= 15 is 0 Å². The van der Waals surface area contributed by atoms with Gasteiger partial charge in [-0.25, -0.2) is 4.39 Å². The largest absolute Gasteiger partial charge is 0.416 e. The van der Waals surface area contributed by atoms with E-state index < -0.39 is 23.5 Å². The maximum Gasteiger partial charge on any atom is 0.416 e. The van der Waals surface area contributed by atoms with E-state index in [4.69, 9.17) is 5.73 Å². The lowest BCUT2D eigenvalue weighted by Gasteiger charge is -2.13. The number of amides is 1. The standard InChI is InChI=1S/C18H18F4N2O.ClH/c1-11(23)7-8-24-17(25)16-10-14(19)5-6-15(16)12-3-2-4-13(9-12)18(20,21)22;/h2-6,9-11H,7-8,23H2,1H3,(H,24,25);1H. The number of nitrogens with one attached hydrogen (secondary N) is 1. The minimum Gasteiger partial charge on any atom is -0.352 e. The molecule has 1 unspecified atom stereocenters. The second-order valence-corrected chi connectivity index (χ2v) is 5.79. The van der Waals surface area contributed by atoms with E-state index in [1.165, 1.54) is 18.2 Å². The molecule has 3 N–H and O–H groups in total. The van der Waals surface area contributed by atoms with Gasteiger partial charge >= 0.3 is 6.18 Å². The van der Waals surface area contributed by atoms with Gasteiger partial charge < -0.3 is 11.1 Å². The van der Waals surface area contributed by atoms with Crippen LogP contribution in [0.3, 0.4) is 0 Å². The molecule has 0 aliphatic heterocycles. The third-order valence-corrected chi connectivity index (χ3v) is 3.61. The maximum atomic E-state index is 13.6. The van der Waals surface area contributed by atoms with Crippen molar-refractivity contribution >= 4 is 18.3 Å². The Morgan fingerprint density at radius 1 is 1.19 bits per heavy atom. The zero-order valence-corrected chi connectivity index (χ0v) is 14.8. The van der Waals surface area contributed by atoms with Gasteiger partial charge in [-0.15, -0.1) is 12.4 Å². The molecule has 2 aromatic carbocycles. The minimum atomic E-state index is -4.50. The summed E-state index contributed by atoms with van der Waals surface area (Å²) in [7, 11) is 0. The van der Waals surface area contributed by atoms with Crippen molar-refractivity contribution in [2.24, 2.45) is 5.73 Å². The highest BCUT2D eigenvalue weighted by molar-refractivity contribution is 6.00. The number of carbonyl (C=O) groups is 1. The van der Waals surface area contributed by atoms with Gasteiger partial charge in [0.05, 0.1) is 11.1 Å². The van der Waals surface area contributed by atoms with Gasteiger partial charge in [0.1, 0.15) is 5.82 Å². The van der Waals surface area contributed by atoms with E-state index in [0.717, 1.165) is 24.3 Å². The predicted molar refractivity (Wildman–Crippen MR) is 94.7 cm³/mol. The van der Waals surface area contributed by atoms with Crippen LogP contribution < -0.4 is 11.1 Å². The molecular formula is C18H19ClF4N2O. The minimum absolute atomic E-state index is 0. The highest BCUT2D eigenvalue weighted by Crippen LogP contribution is 2.33. The first-order valence-electron chi connectivity index (χ1n) is 7.69. The molecule has 26 heavy (non-hydrogen) atoms. The molecule has 0 radical (unpaired) electrons. The van der Waals surface area contributed by atoms with Crippen molar-refractivity contribution in [2.75, 3.05) is 6.54 Å². The molecule has 0 aliphatic carbocycles. The number of hydrogen-bond acceptors (Lipinski definition) is 2. The third-order valence-electron chi connectivity index (χ3n) is 3.61. The van der Waals surface area contributed by atoms with Crippen LogP contribution in [0.25, 0.3) is 11.1 Å². The fourth-order valence-electron chi connectivity index (χ4n) is 2.33. The van der Waals surface area contributed by atoms with Crippen LogP contribution in [0.4, 0.5) is 17.6 Å². The van der Waals surface area contributed by atoms with Gasteiger partial charge in [-0.2, -0.15) is 13.2 Å². The SMILES string of the molecule is CC(N)CCNC(=O)c1cc(F)ccc1-c1cccc(C(F)(F)F)c1.Cl. The molecule has 0 aliphatic rings. The van der Waals surface area contributed by atoms with Crippen LogP contribution in [0, 0.1) is 5.82 Å². The molecule has 2 rings (SSSR count). The average Bonchev–Trinajstić information content (AvgIpc) is 2.53. The van der Waals surface area contributed by atoms with Crippen molar-refractivity contribution in [1.29, 1.82) is 0 Å². The Hall–Kier alpha value is -2.12. The zero-order chi connectivity index (χ0) is 18.6. The maximum absolute atomic E-state index is 13.6. The molecule has 8 heteroatoms. The Bertz CT molecular complexity index is 763. The summed E-state index contributed by atoms with van der Waals surface area (Å²) in [6, 6.07) is 7.87. The van der Waals surface area contributed by atoms with Gasteiger partial charge in [0.25, 0.3) is 5.91 Å². The number of nitrogens with two attached hydrogens (primary N) is 1. The second-order valence-electron chi connectivity index (χ2n) is 5.79. The Morgan fingerprint density at radius 3 is 2.50 bits per heavy atom. The Kier molecular flexibility index (Phi) is 7.59. The molecule has 0 bridgehead atoms. The number of benzene rings is 2. The Balaban J connectivity index is 0.00000338. The molecule has 2 aromatic rings. The van der Waals surface area contributed by atoms with E-state index in [0.29, 0.717) is 6.42 Å². The predicted octanol–water partition coefficient (Wildman–Crippen LogP) is 4.40. The summed E-state index contributed by atoms with van der Waals surface area (Å²) < 4.78 is 52.3. The molecule has 0 fully saturated rings. The molecule has 142 valence electrons. The van der Waals surface area contributed by atoms with Gasteiger partial charge in [0.15, 0.2) is 0 Å². The lowest BCUT2D eigenvalue weighted by atomic mass is 9.97. The van der Waals surface area contributed by atoms with Crippen LogP contribution >= 0.6 is 12.4 Å². The quantitative estimate of drug-likeness (QED) is 0.743. The smallest absolute Gasteiger partial charge is 0.352 e. The number of halogens is 5. The Labute approximate surface area is 155 Å². The molecule has 0 spiro atoms. The van der Waals surface area contributed by atoms with Gasteiger partial charge in [0, 0.05) is 12.6 Å². The number of rotatable bonds is 5. The molecular weight excluding hydrogens is 372 g/mol. The fraction of sp³-hybridized carbons (Fsp3) is 0.278. The first-order chi connectivity index (χ1) is 11.7. The molecule has 0 saturated heterocycles. The van der Waals surface area contributed by atoms with Crippen molar-refractivity contribution in [3.63, 3.8) is 0 Å². The first-order valence-corrected chi connectivity index (χ1v) is 7.69. The van der Waals surface area contributed by atoms with E-state index in [9.17, 15) is 22.4 Å². The van der Waals surface area contributed by atoms with Crippen molar-refractivity contribution in [3.8, 4) is 11.1 Å². The van der Waals surface area contributed by atoms with Crippen LogP contribution in [-0.4, -0.2) is 18.5 Å². The number of hydrogen-bond donors (Lipinski definition) is 2. The number of carbonyl (C=O) groups excluding carboxylic acids is 1. The number of alkyl halides is 3. The van der Waals surface area contributed by atoms with Crippen LogP contribution in [-0.2, 0) is 6.18 Å². The summed E-state index contributed by atoms with van der Waals surface area (Å²) in [6.07, 6.45) is -3.98. The second kappa shape index (κ2) is 9.00. The topological polar surface area (TPSA) is 55.1 Å². The molecule has 0 heterocycles. The van der Waals surface area contributed by atoms with E-state index in [1.54, 1.807) is 6.92 Å². The van der Waals surface area contributed by atoms with Crippen molar-refractivity contribution in [1.82, 2.24) is 5.32 Å². The van der Waals surface area contributed by atoms with Crippen LogP contribution in [0.15, 0.2) is 42.5 Å². The Morgan fingerprint density at radius 2 is 1.88 bits per heavy atom. The lowest BCUT2D eigenvalue weighted by molar-refractivity contribution is -0.137. The normalized spacial score (nSPS) is 12.2. The van der Waals surface area contributed by atoms with Gasteiger partial charge in [-0.1, -0.05) is 18.2 Å². The van der Waals surface area contributed by atoms with Gasteiger partial charge in [0.2, 0.25) is 0 Å². The van der Waals surface area contributed by atoms with E-state index in [-0.39, 0.29) is 41.7 Å². The fourth-order valence-corrected chi connectivity index (χ4v) is 2.33. The first kappa shape index (κ1) is 21.9. The molecule has 0 aromatic heterocycles. The van der Waals surface area contributed by atoms with Gasteiger partial charge in [-0.3, -0.25) is 4.79 Å². The van der Waals surface area contributed by atoms with Crippen molar-refractivity contribution in [2.45, 2.75) is 25.6 Å². The lowest BCUT2D eigenvalue weighted by Crippen LogP contribution is -2.29. The molecule has 0 saturated carbocycles. The highest BCUT2D eigenvalue weighted by Gasteiger charge is 2.30. The van der Waals surface area contributed by atoms with E-state index in [2.05, 4.69) is 5.32 Å². The summed E-state index contributed by atoms with van der Waals surface area (Å²) in [4.78, 5) is 12.3. The summed E-state index contributed by atoms with van der Waals surface area (Å²) in [6.45, 7) is 2.07. The summed E-state index contributed by atoms with van der Waals surface area (Å²) >= 11 is 0. The third kappa shape index (κ3) is 5.71. The van der Waals surface area contributed by atoms with Crippen LogP contribution in [0.5, 0.6) is 0 Å². The zero-order valence-electron chi connectivity index (χ0n) is 13.9. The summed E-state index contributed by atoms with van der Waals surface area (Å²) in [5, 5.41) is 2.60. The monoisotopic (exact) mass is 390 g/mol. The summed E-state index contributed by atoms with van der Waals surface area (Å²) in [5.74, 6) is -1.21. The molecule has 1 amide bonds. The van der Waals surface area contributed by atoms with Crippen LogP contribution in [0.2, 0.25) is 0 Å². The summed E-state index contributed by atoms with van der Waals surface area (Å²) in [5.41, 5.74) is 5.16. The average molecular weight is 391 g/mol. The molecule has 3 nitrogen and oxygen atoms in total.